The molecule has 1 amide bonds. The second-order valence-electron chi connectivity index (χ2n) is 8.57. The van der Waals surface area contributed by atoms with E-state index in [0.717, 1.165) is 22.6 Å². The van der Waals surface area contributed by atoms with Crippen LogP contribution in [0.3, 0.4) is 0 Å². The van der Waals surface area contributed by atoms with E-state index in [9.17, 15) is 4.79 Å². The summed E-state index contributed by atoms with van der Waals surface area (Å²) in [5, 5.41) is 6.26. The van der Waals surface area contributed by atoms with Gasteiger partial charge in [0.05, 0.1) is 12.2 Å². The fourth-order valence-electron chi connectivity index (χ4n) is 3.31. The third-order valence-electron chi connectivity index (χ3n) is 5.06. The Bertz CT molecular complexity index is 1040. The maximum absolute atomic E-state index is 12.9. The Morgan fingerprint density at radius 3 is 2.45 bits per heavy atom. The van der Waals surface area contributed by atoms with Gasteiger partial charge in [0.15, 0.2) is 0 Å². The number of nitrogens with zero attached hydrogens (tertiary/aromatic N) is 1. The molecule has 5 nitrogen and oxygen atoms in total. The molecule has 1 aromatic heterocycles. The maximum Gasteiger partial charge on any atom is 0.259 e. The Morgan fingerprint density at radius 1 is 1.06 bits per heavy atom. The number of ether oxygens (including phenoxy) is 1. The minimum atomic E-state index is -0.193. The summed E-state index contributed by atoms with van der Waals surface area (Å²) in [6.45, 7) is 11.7. The average Bonchev–Trinajstić information content (AvgIpc) is 2.74. The molecular formula is C26H31N3O2. The van der Waals surface area contributed by atoms with E-state index in [1.165, 1.54) is 5.56 Å². The molecule has 0 aliphatic heterocycles. The van der Waals surface area contributed by atoms with Crippen molar-refractivity contribution in [1.29, 1.82) is 0 Å². The third-order valence-corrected chi connectivity index (χ3v) is 5.06. The lowest BCUT2D eigenvalue weighted by atomic mass is 9.87. The molecule has 0 radical (unpaired) electrons. The molecule has 0 saturated heterocycles. The molecule has 3 aromatic rings. The van der Waals surface area contributed by atoms with E-state index in [1.54, 1.807) is 18.3 Å². The van der Waals surface area contributed by atoms with E-state index >= 15 is 0 Å². The van der Waals surface area contributed by atoms with Crippen LogP contribution in [0.2, 0.25) is 0 Å². The number of rotatable bonds is 7. The molecule has 1 heterocycles. The first-order chi connectivity index (χ1) is 14.8. The summed E-state index contributed by atoms with van der Waals surface area (Å²) in [6.07, 6.45) is 1.68. The maximum atomic E-state index is 12.9. The minimum Gasteiger partial charge on any atom is -0.494 e. The number of hydrogen-bond donors (Lipinski definition) is 2. The first-order valence-corrected chi connectivity index (χ1v) is 10.6. The highest BCUT2D eigenvalue weighted by Crippen LogP contribution is 2.24. The fourth-order valence-corrected chi connectivity index (χ4v) is 3.31. The fraction of sp³-hybridized carbons (Fsp3) is 0.308. The number of aromatic nitrogens is 1. The van der Waals surface area contributed by atoms with Crippen molar-refractivity contribution in [3.63, 3.8) is 0 Å². The van der Waals surface area contributed by atoms with Gasteiger partial charge in [-0.15, -0.1) is 0 Å². The molecule has 162 valence electrons. The molecule has 2 N–H and O–H groups in total. The van der Waals surface area contributed by atoms with Gasteiger partial charge in [0.1, 0.15) is 11.6 Å². The van der Waals surface area contributed by atoms with Gasteiger partial charge < -0.3 is 15.4 Å². The van der Waals surface area contributed by atoms with Crippen LogP contribution in [-0.4, -0.2) is 17.5 Å². The molecule has 0 spiro atoms. The number of benzene rings is 2. The molecule has 2 aromatic carbocycles. The summed E-state index contributed by atoms with van der Waals surface area (Å²) in [4.78, 5) is 17.3. The van der Waals surface area contributed by atoms with Gasteiger partial charge in [0, 0.05) is 18.4 Å². The Morgan fingerprint density at radius 2 is 1.81 bits per heavy atom. The highest BCUT2D eigenvalue weighted by molar-refractivity contribution is 6.07. The standard InChI is InChI=1S/C26H31N3O2/c1-6-31-23-14-9-19(16-18(23)2)17-28-24-22(8-7-15-27-24)25(30)29-21-12-10-20(11-13-21)26(3,4)5/h7-16H,6,17H2,1-5H3,(H,27,28)(H,29,30). The molecule has 0 unspecified atom stereocenters. The number of amides is 1. The summed E-state index contributed by atoms with van der Waals surface area (Å²) < 4.78 is 5.60. The normalized spacial score (nSPS) is 11.1. The van der Waals surface area contributed by atoms with Crippen LogP contribution in [0.5, 0.6) is 5.75 Å². The summed E-state index contributed by atoms with van der Waals surface area (Å²) in [7, 11) is 0. The molecule has 0 bridgehead atoms. The van der Waals surface area contributed by atoms with Gasteiger partial charge in [-0.1, -0.05) is 45.0 Å². The van der Waals surface area contributed by atoms with Gasteiger partial charge in [-0.25, -0.2) is 4.98 Å². The second-order valence-corrected chi connectivity index (χ2v) is 8.57. The van der Waals surface area contributed by atoms with Crippen LogP contribution in [0.15, 0.2) is 60.8 Å². The Labute approximate surface area is 184 Å². The second kappa shape index (κ2) is 9.65. The van der Waals surface area contributed by atoms with Gasteiger partial charge in [0.2, 0.25) is 0 Å². The Balaban J connectivity index is 1.70. The summed E-state index contributed by atoms with van der Waals surface area (Å²) in [6, 6.07) is 17.6. The van der Waals surface area contributed by atoms with Gasteiger partial charge >= 0.3 is 0 Å². The smallest absolute Gasteiger partial charge is 0.259 e. The van der Waals surface area contributed by atoms with E-state index in [4.69, 9.17) is 4.74 Å². The van der Waals surface area contributed by atoms with Gasteiger partial charge in [0.25, 0.3) is 5.91 Å². The quantitative estimate of drug-likeness (QED) is 0.498. The van der Waals surface area contributed by atoms with Crippen LogP contribution in [0.1, 0.15) is 54.7 Å². The predicted octanol–water partition coefficient (Wildman–Crippen LogP) is 5.95. The van der Waals surface area contributed by atoms with Gasteiger partial charge in [-0.2, -0.15) is 0 Å². The summed E-state index contributed by atoms with van der Waals surface area (Å²) >= 11 is 0. The van der Waals surface area contributed by atoms with Crippen LogP contribution in [0.4, 0.5) is 11.5 Å². The van der Waals surface area contributed by atoms with Crippen molar-refractivity contribution in [2.24, 2.45) is 0 Å². The van der Waals surface area contributed by atoms with Crippen molar-refractivity contribution in [1.82, 2.24) is 4.98 Å². The van der Waals surface area contributed by atoms with Crippen molar-refractivity contribution >= 4 is 17.4 Å². The molecular weight excluding hydrogens is 386 g/mol. The molecule has 31 heavy (non-hydrogen) atoms. The molecule has 0 atom stereocenters. The van der Waals surface area contributed by atoms with Crippen molar-refractivity contribution < 1.29 is 9.53 Å². The molecule has 0 fully saturated rings. The number of aryl methyl sites for hydroxylation is 1. The number of carbonyl (C=O) groups excluding carboxylic acids is 1. The van der Waals surface area contributed by atoms with Crippen molar-refractivity contribution in [2.45, 2.75) is 46.6 Å². The largest absolute Gasteiger partial charge is 0.494 e. The lowest BCUT2D eigenvalue weighted by Gasteiger charge is -2.19. The van der Waals surface area contributed by atoms with Crippen LogP contribution in [-0.2, 0) is 12.0 Å². The van der Waals surface area contributed by atoms with E-state index in [1.807, 2.05) is 50.2 Å². The molecule has 0 aliphatic rings. The number of hydrogen-bond acceptors (Lipinski definition) is 4. The molecule has 0 aliphatic carbocycles. The number of carbonyl (C=O) groups is 1. The Hall–Kier alpha value is -3.34. The molecule has 3 rings (SSSR count). The number of nitrogens with one attached hydrogen (secondary N) is 2. The summed E-state index contributed by atoms with van der Waals surface area (Å²) in [5.74, 6) is 1.25. The first kappa shape index (κ1) is 22.3. The van der Waals surface area contributed by atoms with Crippen molar-refractivity contribution in [2.75, 3.05) is 17.2 Å². The van der Waals surface area contributed by atoms with E-state index in [0.29, 0.717) is 24.5 Å². The zero-order valence-electron chi connectivity index (χ0n) is 19.0. The number of anilines is 2. The van der Waals surface area contributed by atoms with E-state index in [-0.39, 0.29) is 11.3 Å². The van der Waals surface area contributed by atoms with E-state index in [2.05, 4.69) is 42.5 Å². The van der Waals surface area contributed by atoms with Crippen LogP contribution in [0, 0.1) is 6.92 Å². The zero-order valence-corrected chi connectivity index (χ0v) is 19.0. The third kappa shape index (κ3) is 5.85. The molecule has 0 saturated carbocycles. The predicted molar refractivity (Wildman–Crippen MR) is 127 cm³/mol. The summed E-state index contributed by atoms with van der Waals surface area (Å²) in [5.41, 5.74) is 4.73. The topological polar surface area (TPSA) is 63.2 Å². The average molecular weight is 418 g/mol. The monoisotopic (exact) mass is 417 g/mol. The highest BCUT2D eigenvalue weighted by Gasteiger charge is 2.15. The first-order valence-electron chi connectivity index (χ1n) is 10.6. The van der Waals surface area contributed by atoms with Crippen LogP contribution < -0.4 is 15.4 Å². The molecule has 5 heteroatoms. The lowest BCUT2D eigenvalue weighted by molar-refractivity contribution is 0.102. The zero-order chi connectivity index (χ0) is 22.4. The highest BCUT2D eigenvalue weighted by atomic mass is 16.5. The van der Waals surface area contributed by atoms with Gasteiger partial charge in [-0.3, -0.25) is 4.79 Å². The van der Waals surface area contributed by atoms with Crippen LogP contribution >= 0.6 is 0 Å². The minimum absolute atomic E-state index is 0.0716. The van der Waals surface area contributed by atoms with Crippen LogP contribution in [0.25, 0.3) is 0 Å². The SMILES string of the molecule is CCOc1ccc(CNc2ncccc2C(=O)Nc2ccc(C(C)(C)C)cc2)cc1C. The number of pyridine rings is 1. The van der Waals surface area contributed by atoms with Crippen molar-refractivity contribution in [3.05, 3.63) is 83.0 Å². The van der Waals surface area contributed by atoms with E-state index < -0.39 is 0 Å². The lowest BCUT2D eigenvalue weighted by Crippen LogP contribution is -2.16. The van der Waals surface area contributed by atoms with Crippen molar-refractivity contribution in [3.8, 4) is 5.75 Å². The van der Waals surface area contributed by atoms with Gasteiger partial charge in [-0.05, 0) is 66.3 Å². The Kier molecular flexibility index (Phi) is 6.95.